The third-order valence-corrected chi connectivity index (χ3v) is 5.17. The van der Waals surface area contributed by atoms with Gasteiger partial charge in [-0.25, -0.2) is 10.4 Å². The highest BCUT2D eigenvalue weighted by molar-refractivity contribution is 7.14. The Balaban J connectivity index is 1.72. The van der Waals surface area contributed by atoms with Crippen molar-refractivity contribution in [3.63, 3.8) is 0 Å². The molecule has 0 atom stereocenters. The second kappa shape index (κ2) is 8.56. The molecule has 138 valence electrons. The van der Waals surface area contributed by atoms with Crippen LogP contribution < -0.4 is 15.1 Å². The Hall–Kier alpha value is -3.04. The summed E-state index contributed by atoms with van der Waals surface area (Å²) in [5.41, 5.74) is 3.68. The van der Waals surface area contributed by atoms with Crippen LogP contribution in [0.3, 0.4) is 0 Å². The second-order valence-corrected chi connectivity index (χ2v) is 7.07. The van der Waals surface area contributed by atoms with Crippen molar-refractivity contribution in [2.45, 2.75) is 6.92 Å². The number of ether oxygens (including phenoxy) is 1. The first-order chi connectivity index (χ1) is 13.1. The summed E-state index contributed by atoms with van der Waals surface area (Å²) < 4.78 is 5.14. The summed E-state index contributed by atoms with van der Waals surface area (Å²) in [7, 11) is 1.58. The number of nitrogens with one attached hydrogen (secondary N) is 1. The molecule has 1 N–H and O–H groups in total. The first-order valence-corrected chi connectivity index (χ1v) is 9.61. The molecule has 27 heavy (non-hydrogen) atoms. The molecule has 0 aliphatic rings. The summed E-state index contributed by atoms with van der Waals surface area (Å²) in [5.74, 6) is 0.264. The summed E-state index contributed by atoms with van der Waals surface area (Å²) in [6.07, 6.45) is 1.44. The normalized spacial score (nSPS) is 10.7. The molecule has 0 radical (unpaired) electrons. The smallest absolute Gasteiger partial charge is 0.281 e. The summed E-state index contributed by atoms with van der Waals surface area (Å²) >= 11 is 2.64. The number of aromatic nitrogens is 1. The predicted octanol–water partition coefficient (Wildman–Crippen LogP) is 3.66. The molecule has 0 bridgehead atoms. The Morgan fingerprint density at radius 3 is 2.63 bits per heavy atom. The molecule has 1 aromatic carbocycles. The number of carbonyl (C=O) groups is 2. The van der Waals surface area contributed by atoms with E-state index in [1.165, 1.54) is 40.7 Å². The predicted molar refractivity (Wildman–Crippen MR) is 107 cm³/mol. The van der Waals surface area contributed by atoms with Gasteiger partial charge in [0.2, 0.25) is 5.91 Å². The van der Waals surface area contributed by atoms with Crippen LogP contribution in [0.4, 0.5) is 10.8 Å². The van der Waals surface area contributed by atoms with E-state index < -0.39 is 0 Å². The van der Waals surface area contributed by atoms with E-state index in [4.69, 9.17) is 4.74 Å². The van der Waals surface area contributed by atoms with Crippen molar-refractivity contribution in [2.75, 3.05) is 12.0 Å². The molecule has 0 saturated carbocycles. The van der Waals surface area contributed by atoms with Crippen LogP contribution in [0.2, 0.25) is 0 Å². The van der Waals surface area contributed by atoms with E-state index in [-0.39, 0.29) is 11.8 Å². The summed E-state index contributed by atoms with van der Waals surface area (Å²) in [5, 5.41) is 8.01. The summed E-state index contributed by atoms with van der Waals surface area (Å²) in [4.78, 5) is 30.4. The number of hydrazone groups is 1. The van der Waals surface area contributed by atoms with E-state index in [0.29, 0.717) is 27.1 Å². The van der Waals surface area contributed by atoms with Gasteiger partial charge in [-0.05, 0) is 35.7 Å². The molecule has 0 unspecified atom stereocenters. The van der Waals surface area contributed by atoms with Gasteiger partial charge in [-0.3, -0.25) is 14.5 Å². The molecule has 0 spiro atoms. The number of benzene rings is 1. The molecular weight excluding hydrogens is 384 g/mol. The largest absolute Gasteiger partial charge is 0.497 e. The number of carbonyl (C=O) groups excluding carboxylic acids is 2. The number of methoxy groups -OCH3 is 1. The van der Waals surface area contributed by atoms with Crippen molar-refractivity contribution < 1.29 is 14.3 Å². The maximum absolute atomic E-state index is 12.1. The average Bonchev–Trinajstić information content (AvgIpc) is 3.34. The third-order valence-electron chi connectivity index (χ3n) is 3.45. The van der Waals surface area contributed by atoms with Crippen LogP contribution in [0.25, 0.3) is 0 Å². The SMILES string of the molecule is COc1ccc(N(C(C)=O)c2nc(/C=N\NC(=O)c3cccs3)cs2)cc1. The lowest BCUT2D eigenvalue weighted by molar-refractivity contribution is -0.115. The molecule has 3 aromatic rings. The van der Waals surface area contributed by atoms with Gasteiger partial charge in [0.15, 0.2) is 5.13 Å². The van der Waals surface area contributed by atoms with Crippen LogP contribution in [0, 0.1) is 0 Å². The Labute approximate surface area is 163 Å². The van der Waals surface area contributed by atoms with E-state index in [1.54, 1.807) is 48.9 Å². The molecule has 0 aliphatic heterocycles. The number of hydrogen-bond acceptors (Lipinski definition) is 7. The zero-order valence-electron chi connectivity index (χ0n) is 14.6. The van der Waals surface area contributed by atoms with Crippen LogP contribution in [0.15, 0.2) is 52.3 Å². The third kappa shape index (κ3) is 4.57. The van der Waals surface area contributed by atoms with Crippen LogP contribution >= 0.6 is 22.7 Å². The lowest BCUT2D eigenvalue weighted by Crippen LogP contribution is -2.22. The number of hydrogen-bond donors (Lipinski definition) is 1. The lowest BCUT2D eigenvalue weighted by atomic mass is 10.3. The van der Waals surface area contributed by atoms with E-state index in [1.807, 2.05) is 5.38 Å². The van der Waals surface area contributed by atoms with Crippen LogP contribution in [-0.2, 0) is 4.79 Å². The van der Waals surface area contributed by atoms with Crippen molar-refractivity contribution in [3.8, 4) is 5.75 Å². The highest BCUT2D eigenvalue weighted by Crippen LogP contribution is 2.29. The molecule has 0 saturated heterocycles. The Morgan fingerprint density at radius 2 is 2.00 bits per heavy atom. The molecule has 0 fully saturated rings. The van der Waals surface area contributed by atoms with Gasteiger partial charge >= 0.3 is 0 Å². The number of anilines is 2. The maximum atomic E-state index is 12.1. The molecule has 0 aliphatic carbocycles. The molecular formula is C18H16N4O3S2. The topological polar surface area (TPSA) is 83.9 Å². The van der Waals surface area contributed by atoms with E-state index >= 15 is 0 Å². The van der Waals surface area contributed by atoms with Crippen molar-refractivity contribution in [1.82, 2.24) is 10.4 Å². The van der Waals surface area contributed by atoms with Gasteiger partial charge in [0, 0.05) is 12.3 Å². The number of thiazole rings is 1. The minimum atomic E-state index is -0.278. The van der Waals surface area contributed by atoms with Crippen LogP contribution in [0.1, 0.15) is 22.3 Å². The molecule has 7 nitrogen and oxygen atoms in total. The van der Waals surface area contributed by atoms with E-state index in [0.717, 1.165) is 0 Å². The van der Waals surface area contributed by atoms with E-state index in [2.05, 4.69) is 15.5 Å². The van der Waals surface area contributed by atoms with E-state index in [9.17, 15) is 9.59 Å². The van der Waals surface area contributed by atoms with Crippen LogP contribution in [0.5, 0.6) is 5.75 Å². The highest BCUT2D eigenvalue weighted by atomic mass is 32.1. The highest BCUT2D eigenvalue weighted by Gasteiger charge is 2.17. The number of amides is 2. The molecule has 9 heteroatoms. The monoisotopic (exact) mass is 400 g/mol. The molecule has 2 aromatic heterocycles. The number of nitrogens with zero attached hydrogens (tertiary/aromatic N) is 3. The minimum Gasteiger partial charge on any atom is -0.497 e. The van der Waals surface area contributed by atoms with Gasteiger partial charge in [0.05, 0.1) is 29.6 Å². The second-order valence-electron chi connectivity index (χ2n) is 5.28. The quantitative estimate of drug-likeness (QED) is 0.506. The maximum Gasteiger partial charge on any atom is 0.281 e. The zero-order chi connectivity index (χ0) is 19.2. The Morgan fingerprint density at radius 1 is 1.22 bits per heavy atom. The van der Waals surface area contributed by atoms with Crippen molar-refractivity contribution in [1.29, 1.82) is 0 Å². The molecule has 2 heterocycles. The van der Waals surface area contributed by atoms with Gasteiger partial charge in [-0.2, -0.15) is 5.10 Å². The fourth-order valence-corrected chi connectivity index (χ4v) is 3.67. The first kappa shape index (κ1) is 18.7. The number of rotatable bonds is 6. The molecule has 3 rings (SSSR count). The zero-order valence-corrected chi connectivity index (χ0v) is 16.2. The van der Waals surface area contributed by atoms with Gasteiger partial charge in [0.25, 0.3) is 5.91 Å². The summed E-state index contributed by atoms with van der Waals surface area (Å²) in [6.45, 7) is 1.47. The Bertz CT molecular complexity index is 949. The average molecular weight is 400 g/mol. The van der Waals surface area contributed by atoms with Crippen molar-refractivity contribution in [2.24, 2.45) is 5.10 Å². The van der Waals surface area contributed by atoms with Crippen LogP contribution in [-0.4, -0.2) is 30.1 Å². The fourth-order valence-electron chi connectivity index (χ4n) is 2.22. The number of thiophene rings is 1. The summed E-state index contributed by atoms with van der Waals surface area (Å²) in [6, 6.07) is 10.7. The first-order valence-electron chi connectivity index (χ1n) is 7.85. The fraction of sp³-hybridized carbons (Fsp3) is 0.111. The van der Waals surface area contributed by atoms with Crippen molar-refractivity contribution >= 4 is 51.5 Å². The van der Waals surface area contributed by atoms with Gasteiger partial charge in [0.1, 0.15) is 5.75 Å². The van der Waals surface area contributed by atoms with Gasteiger partial charge in [-0.1, -0.05) is 6.07 Å². The lowest BCUT2D eigenvalue weighted by Gasteiger charge is -2.18. The molecule has 2 amide bonds. The van der Waals surface area contributed by atoms with Gasteiger partial charge in [-0.15, -0.1) is 22.7 Å². The van der Waals surface area contributed by atoms with Gasteiger partial charge < -0.3 is 4.74 Å². The Kier molecular flexibility index (Phi) is 5.94. The minimum absolute atomic E-state index is 0.163. The van der Waals surface area contributed by atoms with Crippen molar-refractivity contribution in [3.05, 3.63) is 57.7 Å². The standard InChI is InChI=1S/C18H16N4O3S2/c1-12(23)22(14-5-7-15(25-2)8-6-14)18-20-13(11-27-18)10-19-21-17(24)16-4-3-9-26-16/h3-11H,1-2H3,(H,21,24)/b19-10-.